The second kappa shape index (κ2) is 2.73. The van der Waals surface area contributed by atoms with Crippen LogP contribution in [-0.2, 0) is 0 Å². The molecule has 0 aliphatic rings. The first-order chi connectivity index (χ1) is 2.27. The van der Waals surface area contributed by atoms with Crippen molar-refractivity contribution in [2.75, 3.05) is 5.33 Å². The van der Waals surface area contributed by atoms with E-state index in [1.807, 2.05) is 0 Å². The van der Waals surface area contributed by atoms with Gasteiger partial charge in [-0.25, -0.2) is 0 Å². The smallest absolute Gasteiger partial charge is 0.0385 e. The van der Waals surface area contributed by atoms with Crippen molar-refractivity contribution < 1.29 is 0 Å². The molecule has 0 bridgehead atoms. The summed E-state index contributed by atoms with van der Waals surface area (Å²) in [5, 5.41) is 1.33. The molecule has 0 aliphatic heterocycles. The topological polar surface area (TPSA) is 0 Å². The average molecular weight is 155 g/mol. The predicted octanol–water partition coefficient (Wildman–Crippen LogP) is 2.13. The molecule has 2 heteroatoms. The molecular formula is C3H4BrCl. The summed E-state index contributed by atoms with van der Waals surface area (Å²) in [6, 6.07) is 0. The third-order valence-electron chi connectivity index (χ3n) is 0.145. The molecule has 0 unspecified atom stereocenters. The Kier molecular flexibility index (Phi) is 3.01. The first-order valence-corrected chi connectivity index (χ1v) is 2.66. The van der Waals surface area contributed by atoms with Crippen LogP contribution in [-0.4, -0.2) is 5.33 Å². The van der Waals surface area contributed by atoms with Crippen LogP contribution in [0.2, 0.25) is 0 Å². The molecule has 0 radical (unpaired) electrons. The summed E-state index contributed by atoms with van der Waals surface area (Å²) in [6.45, 7) is 3.39. The van der Waals surface area contributed by atoms with Gasteiger partial charge < -0.3 is 0 Å². The van der Waals surface area contributed by atoms with E-state index in [0.29, 0.717) is 10.4 Å². The fourth-order valence-corrected chi connectivity index (χ4v) is 0. The van der Waals surface area contributed by atoms with Crippen molar-refractivity contribution in [2.24, 2.45) is 0 Å². The molecule has 0 saturated heterocycles. The molecule has 0 N–H and O–H groups in total. The Balaban J connectivity index is 2.85. The van der Waals surface area contributed by atoms with Gasteiger partial charge in [0.25, 0.3) is 0 Å². The van der Waals surface area contributed by atoms with E-state index >= 15 is 0 Å². The SMILES string of the molecule is C=C(Cl)CBr. The van der Waals surface area contributed by atoms with Crippen molar-refractivity contribution >= 4 is 27.5 Å². The Morgan fingerprint density at radius 2 is 2.20 bits per heavy atom. The van der Waals surface area contributed by atoms with Crippen LogP contribution in [0.3, 0.4) is 0 Å². The summed E-state index contributed by atoms with van der Waals surface area (Å²) < 4.78 is 0. The lowest BCUT2D eigenvalue weighted by Crippen LogP contribution is -1.59. The maximum atomic E-state index is 5.22. The number of rotatable bonds is 1. The Hall–Kier alpha value is 0.510. The molecule has 0 fully saturated rings. The fraction of sp³-hybridized carbons (Fsp3) is 0.333. The van der Waals surface area contributed by atoms with E-state index < -0.39 is 0 Å². The quantitative estimate of drug-likeness (QED) is 0.509. The van der Waals surface area contributed by atoms with Gasteiger partial charge in [-0.05, 0) is 0 Å². The van der Waals surface area contributed by atoms with Gasteiger partial charge in [0, 0.05) is 10.4 Å². The van der Waals surface area contributed by atoms with Crippen LogP contribution in [0.4, 0.5) is 0 Å². The molecule has 0 atom stereocenters. The lowest BCUT2D eigenvalue weighted by molar-refractivity contribution is 1.78. The predicted molar refractivity (Wildman–Crippen MR) is 28.8 cm³/mol. The molecule has 0 amide bonds. The Bertz CT molecular complexity index is 42.2. The standard InChI is InChI=1S/C3H4BrCl/c1-3(5)2-4/h1-2H2. The first kappa shape index (κ1) is 5.51. The molecule has 0 heterocycles. The largest absolute Gasteiger partial charge is 0.0889 e. The molecule has 0 aliphatic carbocycles. The zero-order valence-corrected chi connectivity index (χ0v) is 5.01. The molecule has 30 valence electrons. The maximum Gasteiger partial charge on any atom is 0.0385 e. The summed E-state index contributed by atoms with van der Waals surface area (Å²) in [5.41, 5.74) is 0. The highest BCUT2D eigenvalue weighted by Gasteiger charge is 1.73. The lowest BCUT2D eigenvalue weighted by Gasteiger charge is -1.74. The minimum atomic E-state index is 0.644. The third kappa shape index (κ3) is 4.51. The van der Waals surface area contributed by atoms with Crippen LogP contribution in [0.1, 0.15) is 0 Å². The van der Waals surface area contributed by atoms with Crippen molar-refractivity contribution in [3.05, 3.63) is 11.6 Å². The van der Waals surface area contributed by atoms with Crippen molar-refractivity contribution in [3.63, 3.8) is 0 Å². The summed E-state index contributed by atoms with van der Waals surface area (Å²) in [6.07, 6.45) is 0. The molecule has 5 heavy (non-hydrogen) atoms. The van der Waals surface area contributed by atoms with E-state index in [1.54, 1.807) is 0 Å². The molecule has 0 aromatic heterocycles. The molecule has 0 aromatic rings. The monoisotopic (exact) mass is 154 g/mol. The van der Waals surface area contributed by atoms with E-state index in [1.165, 1.54) is 0 Å². The van der Waals surface area contributed by atoms with E-state index in [2.05, 4.69) is 22.5 Å². The highest BCUT2D eigenvalue weighted by atomic mass is 79.9. The Morgan fingerprint density at radius 3 is 2.20 bits per heavy atom. The van der Waals surface area contributed by atoms with Crippen molar-refractivity contribution in [3.8, 4) is 0 Å². The Morgan fingerprint density at radius 1 is 2.00 bits per heavy atom. The minimum Gasteiger partial charge on any atom is -0.0889 e. The second-order valence-electron chi connectivity index (χ2n) is 0.651. The number of hydrogen-bond donors (Lipinski definition) is 0. The molecule has 0 spiro atoms. The van der Waals surface area contributed by atoms with Crippen LogP contribution in [0.15, 0.2) is 11.6 Å². The summed E-state index contributed by atoms with van der Waals surface area (Å²) in [4.78, 5) is 0. The van der Waals surface area contributed by atoms with Crippen LogP contribution < -0.4 is 0 Å². The molecule has 0 nitrogen and oxygen atoms in total. The van der Waals surface area contributed by atoms with Gasteiger partial charge in [-0.15, -0.1) is 0 Å². The van der Waals surface area contributed by atoms with Gasteiger partial charge in [0.2, 0.25) is 0 Å². The lowest BCUT2D eigenvalue weighted by atomic mass is 10.8. The molecule has 0 rings (SSSR count). The van der Waals surface area contributed by atoms with E-state index in [9.17, 15) is 0 Å². The van der Waals surface area contributed by atoms with E-state index in [0.717, 1.165) is 0 Å². The van der Waals surface area contributed by atoms with Crippen molar-refractivity contribution in [1.29, 1.82) is 0 Å². The van der Waals surface area contributed by atoms with E-state index in [4.69, 9.17) is 11.6 Å². The van der Waals surface area contributed by atoms with E-state index in [-0.39, 0.29) is 0 Å². The van der Waals surface area contributed by atoms with Gasteiger partial charge in [0.05, 0.1) is 0 Å². The third-order valence-corrected chi connectivity index (χ3v) is 1.28. The zero-order valence-electron chi connectivity index (χ0n) is 2.67. The summed E-state index contributed by atoms with van der Waals surface area (Å²) >= 11 is 8.30. The number of alkyl halides is 1. The second-order valence-corrected chi connectivity index (χ2v) is 1.75. The normalized spacial score (nSPS) is 7.60. The average Bonchev–Trinajstić information content (AvgIpc) is 1.38. The number of allylic oxidation sites excluding steroid dienone is 1. The van der Waals surface area contributed by atoms with Gasteiger partial charge in [-0.1, -0.05) is 34.1 Å². The molecular weight excluding hydrogens is 151 g/mol. The van der Waals surface area contributed by atoms with Crippen LogP contribution in [0, 0.1) is 0 Å². The zero-order chi connectivity index (χ0) is 4.28. The molecule has 0 aromatic carbocycles. The van der Waals surface area contributed by atoms with Crippen LogP contribution in [0.5, 0.6) is 0 Å². The number of hydrogen-bond acceptors (Lipinski definition) is 0. The van der Waals surface area contributed by atoms with Crippen molar-refractivity contribution in [2.45, 2.75) is 0 Å². The fourth-order valence-electron chi connectivity index (χ4n) is 0. The van der Waals surface area contributed by atoms with Crippen LogP contribution >= 0.6 is 27.5 Å². The first-order valence-electron chi connectivity index (χ1n) is 1.16. The van der Waals surface area contributed by atoms with Gasteiger partial charge in [0.15, 0.2) is 0 Å². The Labute approximate surface area is 45.0 Å². The highest BCUT2D eigenvalue weighted by molar-refractivity contribution is 9.09. The minimum absolute atomic E-state index is 0.644. The van der Waals surface area contributed by atoms with Gasteiger partial charge >= 0.3 is 0 Å². The van der Waals surface area contributed by atoms with Crippen molar-refractivity contribution in [1.82, 2.24) is 0 Å². The van der Waals surface area contributed by atoms with Gasteiger partial charge in [-0.3, -0.25) is 0 Å². The number of halogens is 2. The highest BCUT2D eigenvalue weighted by Crippen LogP contribution is 1.98. The maximum absolute atomic E-state index is 5.22. The van der Waals surface area contributed by atoms with Crippen LogP contribution in [0.25, 0.3) is 0 Å². The molecule has 0 saturated carbocycles. The van der Waals surface area contributed by atoms with Gasteiger partial charge in [0.1, 0.15) is 0 Å². The summed E-state index contributed by atoms with van der Waals surface area (Å²) in [5.74, 6) is 0. The summed E-state index contributed by atoms with van der Waals surface area (Å²) in [7, 11) is 0. The van der Waals surface area contributed by atoms with Gasteiger partial charge in [-0.2, -0.15) is 0 Å².